The molecule has 1 saturated heterocycles. The number of nitrogens with zero attached hydrogens (tertiary/aromatic N) is 2. The Hall–Kier alpha value is -2.26. The monoisotopic (exact) mass is 418 g/mol. The van der Waals surface area contributed by atoms with Crippen LogP contribution in [-0.2, 0) is 11.8 Å². The normalized spacial score (nSPS) is 20.3. The number of alkyl halides is 3. The van der Waals surface area contributed by atoms with Crippen LogP contribution in [0.15, 0.2) is 36.7 Å². The summed E-state index contributed by atoms with van der Waals surface area (Å²) in [6.45, 7) is 3.05. The smallest absolute Gasteiger partial charge is 0.406 e. The molecule has 2 heterocycles. The topological polar surface area (TPSA) is 68.2 Å². The van der Waals surface area contributed by atoms with Gasteiger partial charge in [0.15, 0.2) is 0 Å². The summed E-state index contributed by atoms with van der Waals surface area (Å²) in [5, 5.41) is 10.3. The van der Waals surface area contributed by atoms with E-state index in [0.29, 0.717) is 18.7 Å². The molecule has 0 radical (unpaired) electrons. The molecule has 1 aliphatic heterocycles. The molecule has 1 aromatic carbocycles. The first-order chi connectivity index (χ1) is 12.7. The summed E-state index contributed by atoms with van der Waals surface area (Å²) in [7, 11) is 1.83. The van der Waals surface area contributed by atoms with Gasteiger partial charge < -0.3 is 15.4 Å². The predicted octanol–water partition coefficient (Wildman–Crippen LogP) is 2.92. The molecule has 0 saturated carbocycles. The second kappa shape index (κ2) is 8.83. The lowest BCUT2D eigenvalue weighted by molar-refractivity contribution is -0.274. The van der Waals surface area contributed by atoms with Crippen molar-refractivity contribution in [3.63, 3.8) is 0 Å². The molecule has 1 aliphatic rings. The van der Waals surface area contributed by atoms with Crippen molar-refractivity contribution in [3.05, 3.63) is 47.8 Å². The van der Waals surface area contributed by atoms with Crippen molar-refractivity contribution in [2.75, 3.05) is 13.1 Å². The molecule has 3 rings (SSSR count). The molecule has 1 unspecified atom stereocenters. The van der Waals surface area contributed by atoms with Gasteiger partial charge in [0.05, 0.1) is 18.2 Å². The van der Waals surface area contributed by atoms with Crippen LogP contribution in [-0.4, -0.2) is 35.1 Å². The van der Waals surface area contributed by atoms with Crippen LogP contribution < -0.4 is 15.4 Å². The second-order valence-electron chi connectivity index (χ2n) is 6.67. The van der Waals surface area contributed by atoms with Crippen LogP contribution in [0.1, 0.15) is 30.0 Å². The van der Waals surface area contributed by atoms with Gasteiger partial charge in [-0.1, -0.05) is 12.1 Å². The Bertz CT molecular complexity index is 795. The number of ether oxygens (including phenoxy) is 1. The summed E-state index contributed by atoms with van der Waals surface area (Å²) >= 11 is 0. The maximum atomic E-state index is 12.7. The lowest BCUT2D eigenvalue weighted by atomic mass is 9.90. The maximum absolute atomic E-state index is 12.7. The Balaban J connectivity index is 0.00000280. The third-order valence-electron chi connectivity index (χ3n) is 4.68. The quantitative estimate of drug-likeness (QED) is 0.783. The highest BCUT2D eigenvalue weighted by atomic mass is 35.5. The van der Waals surface area contributed by atoms with Crippen molar-refractivity contribution in [1.29, 1.82) is 0 Å². The maximum Gasteiger partial charge on any atom is 0.573 e. The highest BCUT2D eigenvalue weighted by molar-refractivity contribution is 5.85. The lowest BCUT2D eigenvalue weighted by Gasteiger charge is -2.21. The Kier molecular flexibility index (Phi) is 6.95. The average Bonchev–Trinajstić information content (AvgIpc) is 3.22. The molecule has 0 aliphatic carbocycles. The highest BCUT2D eigenvalue weighted by Crippen LogP contribution is 2.29. The number of nitrogens with one attached hydrogen (secondary N) is 2. The lowest BCUT2D eigenvalue weighted by Crippen LogP contribution is -2.36. The number of amides is 1. The fourth-order valence-corrected chi connectivity index (χ4v) is 3.30. The summed E-state index contributed by atoms with van der Waals surface area (Å²) < 4.78 is 42.3. The number of hydrogen-bond donors (Lipinski definition) is 2. The molecule has 2 aromatic rings. The number of aromatic nitrogens is 2. The predicted molar refractivity (Wildman–Crippen MR) is 99.2 cm³/mol. The summed E-state index contributed by atoms with van der Waals surface area (Å²) in [5.74, 6) is -0.587. The number of carbonyl (C=O) groups excluding carboxylic acids is 1. The van der Waals surface area contributed by atoms with Crippen LogP contribution in [0.5, 0.6) is 5.75 Å². The first-order valence-corrected chi connectivity index (χ1v) is 8.58. The molecule has 154 valence electrons. The highest BCUT2D eigenvalue weighted by Gasteiger charge is 2.35. The van der Waals surface area contributed by atoms with Crippen molar-refractivity contribution in [2.45, 2.75) is 25.2 Å². The summed E-state index contributed by atoms with van der Waals surface area (Å²) in [5.41, 5.74) is 1.70. The molecular weight excluding hydrogens is 397 g/mol. The molecular formula is C18H22ClF3N4O2. The molecule has 0 bridgehead atoms. The van der Waals surface area contributed by atoms with Crippen LogP contribution in [0.3, 0.4) is 0 Å². The fourth-order valence-electron chi connectivity index (χ4n) is 3.30. The van der Waals surface area contributed by atoms with Gasteiger partial charge >= 0.3 is 6.36 Å². The van der Waals surface area contributed by atoms with Crippen LogP contribution in [0.25, 0.3) is 0 Å². The zero-order valence-electron chi connectivity index (χ0n) is 15.4. The summed E-state index contributed by atoms with van der Waals surface area (Å²) in [4.78, 5) is 12.7. The summed E-state index contributed by atoms with van der Waals surface area (Å²) in [6.07, 6.45) is -1.06. The fraction of sp³-hybridized carbons (Fsp3) is 0.444. The molecule has 10 heteroatoms. The van der Waals surface area contributed by atoms with Crippen LogP contribution in [0.2, 0.25) is 0 Å². The Morgan fingerprint density at radius 3 is 2.57 bits per heavy atom. The third kappa shape index (κ3) is 5.39. The van der Waals surface area contributed by atoms with Crippen molar-refractivity contribution >= 4 is 18.3 Å². The molecule has 1 fully saturated rings. The van der Waals surface area contributed by atoms with Gasteiger partial charge in [0, 0.05) is 32.3 Å². The number of hydrogen-bond acceptors (Lipinski definition) is 4. The van der Waals surface area contributed by atoms with Gasteiger partial charge in [-0.25, -0.2) is 0 Å². The number of halogens is 4. The van der Waals surface area contributed by atoms with Crippen molar-refractivity contribution < 1.29 is 22.7 Å². The van der Waals surface area contributed by atoms with E-state index in [0.717, 1.165) is 5.56 Å². The average molecular weight is 419 g/mol. The molecule has 6 nitrogen and oxygen atoms in total. The first-order valence-electron chi connectivity index (χ1n) is 8.58. The van der Waals surface area contributed by atoms with E-state index in [1.807, 2.05) is 13.2 Å². The molecule has 3 atom stereocenters. The Morgan fingerprint density at radius 1 is 1.32 bits per heavy atom. The SMILES string of the molecule is CC(NC(=O)[C@H]1CNC[C@@H]1c1cnn(C)c1)c1ccc(OC(F)(F)F)cc1.Cl. The molecule has 1 amide bonds. The number of benzene rings is 1. The first kappa shape index (κ1) is 22.0. The molecule has 2 N–H and O–H groups in total. The van der Waals surface area contributed by atoms with E-state index in [1.165, 1.54) is 24.3 Å². The van der Waals surface area contributed by atoms with E-state index in [4.69, 9.17) is 0 Å². The van der Waals surface area contributed by atoms with Gasteiger partial charge in [0.1, 0.15) is 5.75 Å². The summed E-state index contributed by atoms with van der Waals surface area (Å²) in [6, 6.07) is 5.16. The van der Waals surface area contributed by atoms with Gasteiger partial charge in [0.2, 0.25) is 5.91 Å². The zero-order chi connectivity index (χ0) is 19.6. The number of carbonyl (C=O) groups is 1. The van der Waals surface area contributed by atoms with Crippen LogP contribution in [0, 0.1) is 5.92 Å². The van der Waals surface area contributed by atoms with Gasteiger partial charge in [-0.05, 0) is 30.2 Å². The number of aryl methyl sites for hydroxylation is 1. The minimum absolute atomic E-state index is 0. The largest absolute Gasteiger partial charge is 0.573 e. The van der Waals surface area contributed by atoms with Crippen molar-refractivity contribution in [2.24, 2.45) is 13.0 Å². The van der Waals surface area contributed by atoms with E-state index < -0.39 is 6.36 Å². The van der Waals surface area contributed by atoms with Gasteiger partial charge in [0.25, 0.3) is 0 Å². The number of rotatable bonds is 5. The molecule has 0 spiro atoms. The minimum atomic E-state index is -4.72. The van der Waals surface area contributed by atoms with E-state index in [2.05, 4.69) is 20.5 Å². The van der Waals surface area contributed by atoms with E-state index >= 15 is 0 Å². The van der Waals surface area contributed by atoms with Gasteiger partial charge in [-0.2, -0.15) is 5.10 Å². The van der Waals surface area contributed by atoms with Gasteiger partial charge in [-0.3, -0.25) is 9.48 Å². The Morgan fingerprint density at radius 2 is 2.00 bits per heavy atom. The van der Waals surface area contributed by atoms with E-state index in [1.54, 1.807) is 17.8 Å². The standard InChI is InChI=1S/C18H21F3N4O2.ClH/c1-11(12-3-5-14(6-4-12)27-18(19,20)21)24-17(26)16-9-22-8-15(16)13-7-23-25(2)10-13;/h3-7,10-11,15-16,22H,8-9H2,1-2H3,(H,24,26);1H/t11?,15-,16+;/m1./s1. The third-order valence-corrected chi connectivity index (χ3v) is 4.68. The van der Waals surface area contributed by atoms with Crippen molar-refractivity contribution in [1.82, 2.24) is 20.4 Å². The van der Waals surface area contributed by atoms with Gasteiger partial charge in [-0.15, -0.1) is 25.6 Å². The minimum Gasteiger partial charge on any atom is -0.406 e. The molecule has 1 aromatic heterocycles. The van der Waals surface area contributed by atoms with Crippen LogP contribution >= 0.6 is 12.4 Å². The molecule has 28 heavy (non-hydrogen) atoms. The van der Waals surface area contributed by atoms with E-state index in [9.17, 15) is 18.0 Å². The zero-order valence-corrected chi connectivity index (χ0v) is 16.2. The second-order valence-corrected chi connectivity index (χ2v) is 6.67. The van der Waals surface area contributed by atoms with E-state index in [-0.39, 0.29) is 41.9 Å². The van der Waals surface area contributed by atoms with Crippen molar-refractivity contribution in [3.8, 4) is 5.75 Å². The van der Waals surface area contributed by atoms with Crippen LogP contribution in [0.4, 0.5) is 13.2 Å². The Labute approximate surface area is 166 Å².